The van der Waals surface area contributed by atoms with Crippen molar-refractivity contribution >= 4 is 35.2 Å². The molecular weight excluding hydrogens is 442 g/mol. The number of benzene rings is 2. The molecule has 0 bridgehead atoms. The molecular formula is C27H25N5O3. The number of hydrazone groups is 1. The van der Waals surface area contributed by atoms with Crippen LogP contribution in [0.4, 0.5) is 16.2 Å². The van der Waals surface area contributed by atoms with Crippen LogP contribution in [0.25, 0.3) is 6.08 Å². The quantitative estimate of drug-likeness (QED) is 0.546. The fourth-order valence-electron chi connectivity index (χ4n) is 4.23. The topological polar surface area (TPSA) is 78.3 Å². The summed E-state index contributed by atoms with van der Waals surface area (Å²) >= 11 is 0. The second kappa shape index (κ2) is 9.80. The number of amides is 2. The van der Waals surface area contributed by atoms with Gasteiger partial charge in [0.15, 0.2) is 0 Å². The van der Waals surface area contributed by atoms with Gasteiger partial charge in [-0.15, -0.1) is 0 Å². The van der Waals surface area contributed by atoms with E-state index in [-0.39, 0.29) is 12.0 Å². The van der Waals surface area contributed by atoms with Crippen LogP contribution in [0, 0.1) is 0 Å². The molecule has 3 heterocycles. The zero-order chi connectivity index (χ0) is 24.2. The van der Waals surface area contributed by atoms with Crippen molar-refractivity contribution in [3.8, 4) is 0 Å². The van der Waals surface area contributed by atoms with Crippen molar-refractivity contribution < 1.29 is 14.3 Å². The van der Waals surface area contributed by atoms with E-state index in [1.54, 1.807) is 17.3 Å². The number of piperazine rings is 1. The Hall–Kier alpha value is -4.46. The van der Waals surface area contributed by atoms with E-state index in [0.717, 1.165) is 29.9 Å². The second-order valence-corrected chi connectivity index (χ2v) is 8.24. The normalized spacial score (nSPS) is 17.1. The summed E-state index contributed by atoms with van der Waals surface area (Å²) in [6, 6.07) is 21.2. The van der Waals surface area contributed by atoms with E-state index < -0.39 is 0 Å². The SMILES string of the molecule is COC(=O)N1CCN(c2ccc(/C=C3\C(=O)N(c4ccccc4)N=C3c3cccnc3)cc2)CC1. The molecule has 0 aliphatic carbocycles. The lowest BCUT2D eigenvalue weighted by molar-refractivity contribution is -0.114. The molecule has 1 fully saturated rings. The maximum absolute atomic E-state index is 13.4. The maximum Gasteiger partial charge on any atom is 0.409 e. The molecule has 8 nitrogen and oxygen atoms in total. The first kappa shape index (κ1) is 22.3. The van der Waals surface area contributed by atoms with Crippen molar-refractivity contribution in [3.05, 3.63) is 95.8 Å². The Morgan fingerprint density at radius 3 is 2.31 bits per heavy atom. The summed E-state index contributed by atoms with van der Waals surface area (Å²) < 4.78 is 4.81. The number of carbonyl (C=O) groups is 2. The summed E-state index contributed by atoms with van der Waals surface area (Å²) in [5, 5.41) is 6.08. The minimum absolute atomic E-state index is 0.182. The summed E-state index contributed by atoms with van der Waals surface area (Å²) in [5.74, 6) is -0.182. The van der Waals surface area contributed by atoms with Gasteiger partial charge in [-0.25, -0.2) is 4.79 Å². The van der Waals surface area contributed by atoms with Crippen LogP contribution in [0.15, 0.2) is 89.8 Å². The fraction of sp³-hybridized carbons (Fsp3) is 0.185. The highest BCUT2D eigenvalue weighted by Crippen LogP contribution is 2.28. The van der Waals surface area contributed by atoms with Gasteiger partial charge >= 0.3 is 6.09 Å². The smallest absolute Gasteiger partial charge is 0.409 e. The third-order valence-electron chi connectivity index (χ3n) is 6.10. The van der Waals surface area contributed by atoms with Crippen molar-refractivity contribution in [1.29, 1.82) is 0 Å². The number of para-hydroxylation sites is 1. The molecule has 0 unspecified atom stereocenters. The van der Waals surface area contributed by atoms with Gasteiger partial charge in [-0.05, 0) is 48.0 Å². The van der Waals surface area contributed by atoms with Crippen LogP contribution < -0.4 is 9.91 Å². The molecule has 8 heteroatoms. The van der Waals surface area contributed by atoms with Crippen molar-refractivity contribution in [3.63, 3.8) is 0 Å². The average molecular weight is 468 g/mol. The molecule has 5 rings (SSSR count). The molecule has 1 saturated heterocycles. The molecule has 2 aliphatic heterocycles. The Bertz CT molecular complexity index is 1270. The highest BCUT2D eigenvalue weighted by atomic mass is 16.5. The summed E-state index contributed by atoms with van der Waals surface area (Å²) in [6.07, 6.45) is 4.99. The highest BCUT2D eigenvalue weighted by molar-refractivity contribution is 6.37. The van der Waals surface area contributed by atoms with Crippen molar-refractivity contribution in [2.75, 3.05) is 43.2 Å². The Labute approximate surface area is 203 Å². The average Bonchev–Trinajstić information content (AvgIpc) is 3.25. The first-order valence-electron chi connectivity index (χ1n) is 11.4. The van der Waals surface area contributed by atoms with Gasteiger partial charge in [-0.3, -0.25) is 9.78 Å². The molecule has 0 atom stereocenters. The Kier molecular flexibility index (Phi) is 6.26. The number of rotatable bonds is 4. The number of anilines is 2. The number of methoxy groups -OCH3 is 1. The van der Waals surface area contributed by atoms with E-state index in [1.807, 2.05) is 72.8 Å². The van der Waals surface area contributed by atoms with E-state index in [0.29, 0.717) is 30.1 Å². The van der Waals surface area contributed by atoms with Gasteiger partial charge in [0.1, 0.15) is 5.71 Å². The van der Waals surface area contributed by atoms with Gasteiger partial charge in [0, 0.05) is 49.8 Å². The Morgan fingerprint density at radius 1 is 0.914 bits per heavy atom. The third kappa shape index (κ3) is 4.63. The van der Waals surface area contributed by atoms with Crippen molar-refractivity contribution in [1.82, 2.24) is 9.88 Å². The highest BCUT2D eigenvalue weighted by Gasteiger charge is 2.32. The molecule has 0 N–H and O–H groups in total. The standard InChI is InChI=1S/C27H25N5O3/c1-35-27(34)31-16-14-30(15-17-31)22-11-9-20(10-12-22)18-24-25(21-6-5-13-28-19-21)29-32(26(24)33)23-7-3-2-4-8-23/h2-13,18-19H,14-17H2,1H3/b24-18-. The largest absolute Gasteiger partial charge is 0.453 e. The predicted octanol–water partition coefficient (Wildman–Crippen LogP) is 3.80. The van der Waals surface area contributed by atoms with Crippen LogP contribution in [-0.4, -0.2) is 60.9 Å². The minimum Gasteiger partial charge on any atom is -0.453 e. The van der Waals surface area contributed by atoms with Gasteiger partial charge in [-0.1, -0.05) is 30.3 Å². The number of hydrogen-bond acceptors (Lipinski definition) is 6. The number of carbonyl (C=O) groups excluding carboxylic acids is 2. The van der Waals surface area contributed by atoms with Crippen molar-refractivity contribution in [2.45, 2.75) is 0 Å². The molecule has 35 heavy (non-hydrogen) atoms. The lowest BCUT2D eigenvalue weighted by Gasteiger charge is -2.35. The Morgan fingerprint density at radius 2 is 1.66 bits per heavy atom. The monoisotopic (exact) mass is 467 g/mol. The van der Waals surface area contributed by atoms with Crippen LogP contribution in [0.3, 0.4) is 0 Å². The molecule has 0 radical (unpaired) electrons. The molecule has 176 valence electrons. The van der Waals surface area contributed by atoms with Crippen LogP contribution in [0.2, 0.25) is 0 Å². The number of pyridine rings is 1. The summed E-state index contributed by atoms with van der Waals surface area (Å²) in [4.78, 5) is 33.3. The molecule has 2 aromatic carbocycles. The van der Waals surface area contributed by atoms with E-state index in [2.05, 4.69) is 15.0 Å². The van der Waals surface area contributed by atoms with Gasteiger partial charge in [0.25, 0.3) is 5.91 Å². The van der Waals surface area contributed by atoms with E-state index >= 15 is 0 Å². The number of hydrogen-bond donors (Lipinski definition) is 0. The molecule has 2 aliphatic rings. The molecule has 0 saturated carbocycles. The van der Waals surface area contributed by atoms with E-state index in [1.165, 1.54) is 12.1 Å². The molecule has 3 aromatic rings. The van der Waals surface area contributed by atoms with Gasteiger partial charge in [-0.2, -0.15) is 10.1 Å². The van der Waals surface area contributed by atoms with Crippen LogP contribution in [0.5, 0.6) is 0 Å². The minimum atomic E-state index is -0.288. The van der Waals surface area contributed by atoms with Crippen LogP contribution in [0.1, 0.15) is 11.1 Å². The predicted molar refractivity (Wildman–Crippen MR) is 135 cm³/mol. The number of nitrogens with zero attached hydrogens (tertiary/aromatic N) is 5. The molecule has 1 aromatic heterocycles. The van der Waals surface area contributed by atoms with E-state index in [4.69, 9.17) is 4.74 Å². The van der Waals surface area contributed by atoms with Crippen molar-refractivity contribution in [2.24, 2.45) is 5.10 Å². The molecule has 0 spiro atoms. The summed E-state index contributed by atoms with van der Waals surface area (Å²) in [6.45, 7) is 2.70. The third-order valence-corrected chi connectivity index (χ3v) is 6.10. The van der Waals surface area contributed by atoms with Gasteiger partial charge in [0.2, 0.25) is 0 Å². The lowest BCUT2D eigenvalue weighted by Crippen LogP contribution is -2.48. The van der Waals surface area contributed by atoms with Gasteiger partial charge < -0.3 is 14.5 Å². The zero-order valence-electron chi connectivity index (χ0n) is 19.4. The number of aromatic nitrogens is 1. The van der Waals surface area contributed by atoms with Gasteiger partial charge in [0.05, 0.1) is 18.4 Å². The second-order valence-electron chi connectivity index (χ2n) is 8.24. The Balaban J connectivity index is 1.39. The first-order valence-corrected chi connectivity index (χ1v) is 11.4. The maximum atomic E-state index is 13.4. The first-order chi connectivity index (χ1) is 17.1. The fourth-order valence-corrected chi connectivity index (χ4v) is 4.23. The number of ether oxygens (including phenoxy) is 1. The summed E-state index contributed by atoms with van der Waals surface area (Å²) in [7, 11) is 1.40. The van der Waals surface area contributed by atoms with Crippen LogP contribution in [-0.2, 0) is 9.53 Å². The van der Waals surface area contributed by atoms with Crippen LogP contribution >= 0.6 is 0 Å². The lowest BCUT2D eigenvalue weighted by atomic mass is 10.0. The summed E-state index contributed by atoms with van der Waals surface area (Å²) in [5.41, 5.74) is 4.57. The zero-order valence-corrected chi connectivity index (χ0v) is 19.4. The molecule has 2 amide bonds. The van der Waals surface area contributed by atoms with E-state index in [9.17, 15) is 9.59 Å².